The minimum atomic E-state index is -0.0183. The van der Waals surface area contributed by atoms with Gasteiger partial charge in [-0.1, -0.05) is 11.2 Å². The number of carbonyl (C=O) groups excluding carboxylic acids is 1. The molecule has 1 aromatic carbocycles. The number of piperidine rings is 1. The molecule has 1 aliphatic rings. The minimum Gasteiger partial charge on any atom is -0.493 e. The number of hydrogen-bond acceptors (Lipinski definition) is 8. The number of benzene rings is 1. The number of ether oxygens (including phenoxy) is 2. The third kappa shape index (κ3) is 5.11. The fourth-order valence-corrected chi connectivity index (χ4v) is 3.76. The first kappa shape index (κ1) is 21.5. The minimum absolute atomic E-state index is 0.0183. The van der Waals surface area contributed by atoms with Crippen molar-refractivity contribution in [1.82, 2.24) is 25.0 Å². The van der Waals surface area contributed by atoms with Crippen LogP contribution in [0.5, 0.6) is 11.5 Å². The van der Waals surface area contributed by atoms with Gasteiger partial charge >= 0.3 is 0 Å². The summed E-state index contributed by atoms with van der Waals surface area (Å²) in [4.78, 5) is 27.3. The molecule has 1 saturated heterocycles. The van der Waals surface area contributed by atoms with Crippen molar-refractivity contribution >= 4 is 12.0 Å². The van der Waals surface area contributed by atoms with Gasteiger partial charge in [-0.25, -0.2) is 4.98 Å². The van der Waals surface area contributed by atoms with Crippen LogP contribution < -0.4 is 9.47 Å². The monoisotopic (exact) mass is 435 g/mol. The number of nitrogens with zero attached hydrogens (tertiary/aromatic N) is 5. The van der Waals surface area contributed by atoms with Crippen molar-refractivity contribution in [3.63, 3.8) is 0 Å². The second-order valence-electron chi connectivity index (χ2n) is 7.55. The van der Waals surface area contributed by atoms with E-state index in [4.69, 9.17) is 14.0 Å². The van der Waals surface area contributed by atoms with Gasteiger partial charge in [0.05, 0.1) is 20.4 Å². The molecule has 1 atom stereocenters. The Balaban J connectivity index is 1.36. The smallest absolute Gasteiger partial charge is 0.246 e. The van der Waals surface area contributed by atoms with Crippen molar-refractivity contribution in [3.8, 4) is 23.0 Å². The molecule has 3 heterocycles. The molecule has 4 rings (SSSR count). The van der Waals surface area contributed by atoms with E-state index in [1.807, 2.05) is 23.1 Å². The quantitative estimate of drug-likeness (QED) is 0.522. The molecule has 1 aliphatic heterocycles. The zero-order valence-electron chi connectivity index (χ0n) is 18.1. The van der Waals surface area contributed by atoms with E-state index in [-0.39, 0.29) is 11.8 Å². The summed E-state index contributed by atoms with van der Waals surface area (Å²) in [6.45, 7) is 1.39. The van der Waals surface area contributed by atoms with E-state index in [9.17, 15) is 4.79 Å². The van der Waals surface area contributed by atoms with Gasteiger partial charge in [0.2, 0.25) is 17.6 Å². The van der Waals surface area contributed by atoms with Crippen LogP contribution >= 0.6 is 0 Å². The van der Waals surface area contributed by atoms with E-state index >= 15 is 0 Å². The number of amides is 1. The van der Waals surface area contributed by atoms with Crippen molar-refractivity contribution in [2.24, 2.45) is 5.92 Å². The van der Waals surface area contributed by atoms with Crippen LogP contribution in [0.15, 0.2) is 47.4 Å². The number of likely N-dealkylation sites (tertiary alicyclic amines) is 1. The van der Waals surface area contributed by atoms with Crippen molar-refractivity contribution in [2.45, 2.75) is 19.3 Å². The number of hydrogen-bond donors (Lipinski definition) is 0. The van der Waals surface area contributed by atoms with Crippen LogP contribution in [0.4, 0.5) is 0 Å². The van der Waals surface area contributed by atoms with Gasteiger partial charge in [-0.3, -0.25) is 9.78 Å². The third-order valence-electron chi connectivity index (χ3n) is 5.38. The maximum Gasteiger partial charge on any atom is 0.246 e. The summed E-state index contributed by atoms with van der Waals surface area (Å²) in [5.74, 6) is 2.49. The lowest BCUT2D eigenvalue weighted by Gasteiger charge is -2.31. The Kier molecular flexibility index (Phi) is 6.74. The summed E-state index contributed by atoms with van der Waals surface area (Å²) < 4.78 is 16.0. The topological polar surface area (TPSA) is 103 Å². The fraction of sp³-hybridized carbons (Fsp3) is 0.348. The average molecular weight is 435 g/mol. The zero-order valence-corrected chi connectivity index (χ0v) is 18.1. The summed E-state index contributed by atoms with van der Waals surface area (Å²) in [6.07, 6.45) is 10.7. The van der Waals surface area contributed by atoms with Crippen molar-refractivity contribution in [3.05, 3.63) is 54.3 Å². The molecule has 1 fully saturated rings. The highest BCUT2D eigenvalue weighted by molar-refractivity contribution is 5.92. The molecule has 0 spiro atoms. The van der Waals surface area contributed by atoms with E-state index in [0.29, 0.717) is 41.9 Å². The molecule has 1 amide bonds. The highest BCUT2D eigenvalue weighted by atomic mass is 16.5. The van der Waals surface area contributed by atoms with Crippen LogP contribution in [0.3, 0.4) is 0 Å². The molecule has 9 nitrogen and oxygen atoms in total. The molecule has 166 valence electrons. The molecular formula is C23H25N5O4. The van der Waals surface area contributed by atoms with Gasteiger partial charge in [0.15, 0.2) is 11.5 Å². The van der Waals surface area contributed by atoms with E-state index in [1.54, 1.807) is 45.0 Å². The van der Waals surface area contributed by atoms with E-state index in [2.05, 4.69) is 20.1 Å². The van der Waals surface area contributed by atoms with Gasteiger partial charge in [-0.2, -0.15) is 4.98 Å². The summed E-state index contributed by atoms with van der Waals surface area (Å²) in [7, 11) is 3.18. The highest BCUT2D eigenvalue weighted by Crippen LogP contribution is 2.28. The van der Waals surface area contributed by atoms with Crippen molar-refractivity contribution in [2.75, 3.05) is 27.3 Å². The van der Waals surface area contributed by atoms with Gasteiger partial charge in [-0.05, 0) is 42.5 Å². The van der Waals surface area contributed by atoms with Gasteiger partial charge in [-0.15, -0.1) is 0 Å². The second-order valence-corrected chi connectivity index (χ2v) is 7.55. The zero-order chi connectivity index (χ0) is 22.3. The van der Waals surface area contributed by atoms with E-state index in [0.717, 1.165) is 24.9 Å². The lowest BCUT2D eigenvalue weighted by molar-refractivity contribution is -0.127. The molecule has 3 aromatic rings. The highest BCUT2D eigenvalue weighted by Gasteiger charge is 2.24. The van der Waals surface area contributed by atoms with E-state index < -0.39 is 0 Å². The Hall–Kier alpha value is -3.75. The number of aromatic nitrogens is 4. The van der Waals surface area contributed by atoms with Gasteiger partial charge in [0, 0.05) is 38.0 Å². The number of rotatable bonds is 7. The van der Waals surface area contributed by atoms with E-state index in [1.165, 1.54) is 0 Å². The normalized spacial score (nSPS) is 16.3. The maximum absolute atomic E-state index is 12.8. The van der Waals surface area contributed by atoms with Crippen molar-refractivity contribution < 1.29 is 18.8 Å². The molecule has 0 radical (unpaired) electrons. The number of carbonyl (C=O) groups is 1. The Morgan fingerprint density at radius 1 is 1.25 bits per heavy atom. The van der Waals surface area contributed by atoms with Gasteiger partial charge < -0.3 is 18.9 Å². The molecule has 0 saturated carbocycles. The Labute approximate surface area is 186 Å². The Bertz CT molecular complexity index is 1080. The fourth-order valence-electron chi connectivity index (χ4n) is 3.76. The predicted octanol–water partition coefficient (Wildman–Crippen LogP) is 3.04. The van der Waals surface area contributed by atoms with Crippen LogP contribution in [-0.4, -0.2) is 58.2 Å². The van der Waals surface area contributed by atoms with Gasteiger partial charge in [0.1, 0.15) is 5.69 Å². The molecule has 0 N–H and O–H groups in total. The van der Waals surface area contributed by atoms with Crippen LogP contribution in [0.25, 0.3) is 17.6 Å². The first-order valence-electron chi connectivity index (χ1n) is 10.4. The summed E-state index contributed by atoms with van der Waals surface area (Å²) in [5, 5.41) is 4.00. The Morgan fingerprint density at radius 3 is 2.91 bits per heavy atom. The first-order valence-corrected chi connectivity index (χ1v) is 10.4. The SMILES string of the molecule is COc1ccc(C=CC(=O)N2CCCC(Cc3nc(-c4cnccn4)no3)C2)cc1OC. The summed E-state index contributed by atoms with van der Waals surface area (Å²) in [6, 6.07) is 5.54. The molecule has 0 aliphatic carbocycles. The molecule has 32 heavy (non-hydrogen) atoms. The lowest BCUT2D eigenvalue weighted by atomic mass is 9.94. The first-order chi connectivity index (χ1) is 15.7. The Morgan fingerprint density at radius 2 is 2.12 bits per heavy atom. The second kappa shape index (κ2) is 10.0. The standard InChI is InChI=1S/C23H25N5O4/c1-30-19-7-5-16(12-20(19)31-2)6-8-22(29)28-11-3-4-17(15-28)13-21-26-23(27-32-21)18-14-24-9-10-25-18/h5-10,12,14,17H,3-4,11,13,15H2,1-2H3. The summed E-state index contributed by atoms with van der Waals surface area (Å²) >= 11 is 0. The molecule has 2 aromatic heterocycles. The third-order valence-corrected chi connectivity index (χ3v) is 5.38. The molecule has 9 heteroatoms. The maximum atomic E-state index is 12.8. The van der Waals surface area contributed by atoms with Crippen LogP contribution in [0, 0.1) is 5.92 Å². The summed E-state index contributed by atoms with van der Waals surface area (Å²) in [5.41, 5.74) is 1.44. The number of methoxy groups -OCH3 is 2. The largest absolute Gasteiger partial charge is 0.493 e. The lowest BCUT2D eigenvalue weighted by Crippen LogP contribution is -2.39. The van der Waals surface area contributed by atoms with Crippen molar-refractivity contribution in [1.29, 1.82) is 0 Å². The van der Waals surface area contributed by atoms with Crippen LogP contribution in [0.2, 0.25) is 0 Å². The predicted molar refractivity (Wildman–Crippen MR) is 117 cm³/mol. The van der Waals surface area contributed by atoms with Gasteiger partial charge in [0.25, 0.3) is 0 Å². The average Bonchev–Trinajstić information content (AvgIpc) is 3.31. The molecular weight excluding hydrogens is 410 g/mol. The van der Waals surface area contributed by atoms with Crippen LogP contribution in [-0.2, 0) is 11.2 Å². The molecule has 0 bridgehead atoms. The van der Waals surface area contributed by atoms with Crippen LogP contribution in [0.1, 0.15) is 24.3 Å². The molecule has 1 unspecified atom stereocenters.